The van der Waals surface area contributed by atoms with Gasteiger partial charge in [0.2, 0.25) is 5.91 Å². The second kappa shape index (κ2) is 6.01. The minimum absolute atomic E-state index is 0.00897. The van der Waals surface area contributed by atoms with Crippen LogP contribution in [-0.4, -0.2) is 19.0 Å². The molecular weight excluding hydrogens is 224 g/mol. The van der Waals surface area contributed by atoms with Crippen molar-refractivity contribution >= 4 is 5.91 Å². The first-order chi connectivity index (χ1) is 8.33. The van der Waals surface area contributed by atoms with E-state index in [1.165, 1.54) is 11.1 Å². The summed E-state index contributed by atoms with van der Waals surface area (Å²) in [6, 6.07) is 8.69. The predicted molar refractivity (Wildman–Crippen MR) is 75.6 cm³/mol. The summed E-state index contributed by atoms with van der Waals surface area (Å²) in [6.45, 7) is 9.66. The van der Waals surface area contributed by atoms with Crippen molar-refractivity contribution < 1.29 is 4.79 Å². The fourth-order valence-electron chi connectivity index (χ4n) is 1.92. The van der Waals surface area contributed by atoms with Gasteiger partial charge in [0.05, 0.1) is 6.54 Å². The Hall–Kier alpha value is -1.35. The highest BCUT2D eigenvalue weighted by Crippen LogP contribution is 2.24. The lowest BCUT2D eigenvalue weighted by atomic mass is 9.83. The van der Waals surface area contributed by atoms with E-state index in [0.717, 1.165) is 6.54 Å². The van der Waals surface area contributed by atoms with Gasteiger partial charge in [-0.05, 0) is 17.0 Å². The molecule has 0 radical (unpaired) electrons. The van der Waals surface area contributed by atoms with Crippen LogP contribution >= 0.6 is 0 Å². The SMILES string of the molecule is CC(C)c1ccc(C(C)(C)CNCC(N)=O)cc1. The molecule has 0 aliphatic carbocycles. The summed E-state index contributed by atoms with van der Waals surface area (Å²) in [7, 11) is 0. The van der Waals surface area contributed by atoms with Crippen molar-refractivity contribution in [3.63, 3.8) is 0 Å². The first-order valence-electron chi connectivity index (χ1n) is 6.42. The van der Waals surface area contributed by atoms with Gasteiger partial charge in [0.25, 0.3) is 0 Å². The van der Waals surface area contributed by atoms with Crippen molar-refractivity contribution in [2.24, 2.45) is 5.73 Å². The van der Waals surface area contributed by atoms with Crippen LogP contribution in [0.5, 0.6) is 0 Å². The summed E-state index contributed by atoms with van der Waals surface area (Å²) >= 11 is 0. The maximum absolute atomic E-state index is 10.7. The van der Waals surface area contributed by atoms with Crippen LogP contribution in [0.15, 0.2) is 24.3 Å². The summed E-state index contributed by atoms with van der Waals surface area (Å²) in [5.74, 6) is 0.233. The summed E-state index contributed by atoms with van der Waals surface area (Å²) in [6.07, 6.45) is 0. The summed E-state index contributed by atoms with van der Waals surface area (Å²) < 4.78 is 0. The topological polar surface area (TPSA) is 55.1 Å². The number of carbonyl (C=O) groups excluding carboxylic acids is 1. The lowest BCUT2D eigenvalue weighted by molar-refractivity contribution is -0.117. The molecule has 0 unspecified atom stereocenters. The van der Waals surface area contributed by atoms with Crippen LogP contribution in [-0.2, 0) is 10.2 Å². The number of amides is 1. The van der Waals surface area contributed by atoms with Gasteiger partial charge in [-0.3, -0.25) is 4.79 Å². The quantitative estimate of drug-likeness (QED) is 0.810. The van der Waals surface area contributed by atoms with Crippen LogP contribution in [0.4, 0.5) is 0 Å². The van der Waals surface area contributed by atoms with Gasteiger partial charge in [-0.2, -0.15) is 0 Å². The highest BCUT2D eigenvalue weighted by atomic mass is 16.1. The van der Waals surface area contributed by atoms with Crippen molar-refractivity contribution in [1.29, 1.82) is 0 Å². The van der Waals surface area contributed by atoms with E-state index in [2.05, 4.69) is 57.3 Å². The van der Waals surface area contributed by atoms with Gasteiger partial charge in [-0.25, -0.2) is 0 Å². The molecule has 0 atom stereocenters. The van der Waals surface area contributed by atoms with Crippen LogP contribution in [0.2, 0.25) is 0 Å². The minimum Gasteiger partial charge on any atom is -0.369 e. The lowest BCUT2D eigenvalue weighted by Crippen LogP contribution is -2.37. The second-order valence-corrected chi connectivity index (χ2v) is 5.73. The van der Waals surface area contributed by atoms with E-state index in [-0.39, 0.29) is 17.9 Å². The Kier molecular flexibility index (Phi) is 4.91. The third-order valence-electron chi connectivity index (χ3n) is 3.22. The van der Waals surface area contributed by atoms with Gasteiger partial charge >= 0.3 is 0 Å². The van der Waals surface area contributed by atoms with Crippen molar-refractivity contribution in [2.75, 3.05) is 13.1 Å². The standard InChI is InChI=1S/C15H24N2O/c1-11(2)12-5-7-13(8-6-12)15(3,4)10-17-9-14(16)18/h5-8,11,17H,9-10H2,1-4H3,(H2,16,18). The van der Waals surface area contributed by atoms with Crippen molar-refractivity contribution in [1.82, 2.24) is 5.32 Å². The molecule has 0 saturated heterocycles. The maximum atomic E-state index is 10.7. The van der Waals surface area contributed by atoms with Crippen LogP contribution in [0, 0.1) is 0 Å². The van der Waals surface area contributed by atoms with Crippen molar-refractivity contribution in [2.45, 2.75) is 39.0 Å². The monoisotopic (exact) mass is 248 g/mol. The molecule has 1 amide bonds. The molecule has 100 valence electrons. The molecule has 0 heterocycles. The Labute approximate surface area is 110 Å². The Morgan fingerprint density at radius 3 is 2.28 bits per heavy atom. The van der Waals surface area contributed by atoms with Crippen molar-refractivity contribution in [3.8, 4) is 0 Å². The number of hydrogen-bond acceptors (Lipinski definition) is 2. The summed E-state index contributed by atoms with van der Waals surface area (Å²) in [5, 5.41) is 3.09. The number of primary amides is 1. The van der Waals surface area contributed by atoms with Crippen LogP contribution in [0.25, 0.3) is 0 Å². The van der Waals surface area contributed by atoms with E-state index in [1.807, 2.05) is 0 Å². The molecule has 0 bridgehead atoms. The Morgan fingerprint density at radius 1 is 1.28 bits per heavy atom. The van der Waals surface area contributed by atoms with Crippen LogP contribution < -0.4 is 11.1 Å². The average molecular weight is 248 g/mol. The molecule has 1 aromatic carbocycles. The first kappa shape index (κ1) is 14.7. The van der Waals surface area contributed by atoms with Gasteiger partial charge in [0.1, 0.15) is 0 Å². The van der Waals surface area contributed by atoms with E-state index in [0.29, 0.717) is 5.92 Å². The van der Waals surface area contributed by atoms with Gasteiger partial charge in [0, 0.05) is 12.0 Å². The molecule has 18 heavy (non-hydrogen) atoms. The third kappa shape index (κ3) is 4.15. The zero-order valence-electron chi connectivity index (χ0n) is 11.8. The normalized spacial score (nSPS) is 11.8. The molecule has 0 aromatic heterocycles. The van der Waals surface area contributed by atoms with Gasteiger partial charge in [-0.1, -0.05) is 52.0 Å². The Balaban J connectivity index is 2.69. The lowest BCUT2D eigenvalue weighted by Gasteiger charge is -2.26. The number of nitrogens with one attached hydrogen (secondary N) is 1. The van der Waals surface area contributed by atoms with Gasteiger partial charge in [-0.15, -0.1) is 0 Å². The molecule has 3 heteroatoms. The Bertz CT molecular complexity index is 393. The van der Waals surface area contributed by atoms with Gasteiger partial charge in [0.15, 0.2) is 0 Å². The molecule has 0 saturated carbocycles. The van der Waals surface area contributed by atoms with Gasteiger partial charge < -0.3 is 11.1 Å². The molecule has 3 nitrogen and oxygen atoms in total. The number of hydrogen-bond donors (Lipinski definition) is 2. The number of rotatable bonds is 6. The second-order valence-electron chi connectivity index (χ2n) is 5.73. The highest BCUT2D eigenvalue weighted by Gasteiger charge is 2.20. The third-order valence-corrected chi connectivity index (χ3v) is 3.22. The molecule has 0 aliphatic heterocycles. The Morgan fingerprint density at radius 2 is 1.83 bits per heavy atom. The zero-order valence-corrected chi connectivity index (χ0v) is 11.8. The fourth-order valence-corrected chi connectivity index (χ4v) is 1.92. The minimum atomic E-state index is -0.319. The molecule has 1 rings (SSSR count). The first-order valence-corrected chi connectivity index (χ1v) is 6.42. The molecule has 0 aliphatic rings. The van der Waals surface area contributed by atoms with Crippen LogP contribution in [0.3, 0.4) is 0 Å². The van der Waals surface area contributed by atoms with E-state index < -0.39 is 0 Å². The fraction of sp³-hybridized carbons (Fsp3) is 0.533. The van der Waals surface area contributed by atoms with E-state index in [1.54, 1.807) is 0 Å². The summed E-state index contributed by atoms with van der Waals surface area (Å²) in [5.41, 5.74) is 7.72. The zero-order chi connectivity index (χ0) is 13.8. The maximum Gasteiger partial charge on any atom is 0.231 e. The smallest absolute Gasteiger partial charge is 0.231 e. The molecular formula is C15H24N2O. The van der Waals surface area contributed by atoms with E-state index in [9.17, 15) is 4.79 Å². The predicted octanol–water partition coefficient (Wildman–Crippen LogP) is 2.16. The van der Waals surface area contributed by atoms with E-state index >= 15 is 0 Å². The van der Waals surface area contributed by atoms with Crippen LogP contribution in [0.1, 0.15) is 44.7 Å². The molecule has 3 N–H and O–H groups in total. The largest absolute Gasteiger partial charge is 0.369 e. The molecule has 0 spiro atoms. The van der Waals surface area contributed by atoms with Crippen molar-refractivity contribution in [3.05, 3.63) is 35.4 Å². The highest BCUT2D eigenvalue weighted by molar-refractivity contribution is 5.75. The average Bonchev–Trinajstić information content (AvgIpc) is 2.28. The summed E-state index contributed by atoms with van der Waals surface area (Å²) in [4.78, 5) is 10.7. The number of carbonyl (C=O) groups is 1. The van der Waals surface area contributed by atoms with E-state index in [4.69, 9.17) is 5.73 Å². The molecule has 0 fully saturated rings. The molecule has 1 aromatic rings. The number of benzene rings is 1. The number of nitrogens with two attached hydrogens (primary N) is 1.